The van der Waals surface area contributed by atoms with Gasteiger partial charge in [0.05, 0.1) is 5.56 Å². The molecule has 1 atom stereocenters. The summed E-state index contributed by atoms with van der Waals surface area (Å²) < 4.78 is 5.41. The van der Waals surface area contributed by atoms with Gasteiger partial charge in [0.15, 0.2) is 5.82 Å². The van der Waals surface area contributed by atoms with Crippen molar-refractivity contribution in [2.75, 3.05) is 12.4 Å². The van der Waals surface area contributed by atoms with E-state index in [-0.39, 0.29) is 11.9 Å². The molecule has 1 aliphatic rings. The molecule has 140 valence electrons. The summed E-state index contributed by atoms with van der Waals surface area (Å²) >= 11 is 1.45. The molecule has 1 aromatic carbocycles. The highest BCUT2D eigenvalue weighted by Gasteiger charge is 2.19. The Morgan fingerprint density at radius 1 is 1.30 bits per heavy atom. The summed E-state index contributed by atoms with van der Waals surface area (Å²) in [5, 5.41) is 12.8. The Morgan fingerprint density at radius 3 is 3.00 bits per heavy atom. The highest BCUT2D eigenvalue weighted by atomic mass is 32.1. The van der Waals surface area contributed by atoms with Gasteiger partial charge in [-0.3, -0.25) is 4.79 Å². The Hall–Kier alpha value is -2.51. The molecular weight excluding hydrogens is 360 g/mol. The largest absolute Gasteiger partial charge is 0.334 e. The van der Waals surface area contributed by atoms with Crippen molar-refractivity contribution >= 4 is 22.2 Å². The standard InChI is InChI=1S/C20H22N4O2S/c1-12(21-2)10-17-22-19(26-24-17)16-8-9-27-20(16)23-18(25)15-7-6-13-4-3-5-14(13)11-15/h6-9,11-12,21H,3-5,10H2,1-2H3,(H,23,25). The second-order valence-electron chi connectivity index (χ2n) is 6.86. The number of benzene rings is 1. The monoisotopic (exact) mass is 382 g/mol. The second-order valence-corrected chi connectivity index (χ2v) is 7.78. The summed E-state index contributed by atoms with van der Waals surface area (Å²) in [5.41, 5.74) is 4.08. The number of aryl methyl sites for hydroxylation is 2. The van der Waals surface area contributed by atoms with Crippen molar-refractivity contribution < 1.29 is 9.32 Å². The summed E-state index contributed by atoms with van der Waals surface area (Å²) in [6.07, 6.45) is 4.01. The molecule has 0 saturated heterocycles. The first-order chi connectivity index (χ1) is 13.1. The molecule has 4 rings (SSSR count). The number of aromatic nitrogens is 2. The molecule has 3 aromatic rings. The summed E-state index contributed by atoms with van der Waals surface area (Å²) in [4.78, 5) is 17.2. The first-order valence-corrected chi connectivity index (χ1v) is 10.0. The van der Waals surface area contributed by atoms with Gasteiger partial charge in [-0.25, -0.2) is 0 Å². The maximum Gasteiger partial charge on any atom is 0.260 e. The summed E-state index contributed by atoms with van der Waals surface area (Å²) in [6, 6.07) is 8.13. The minimum absolute atomic E-state index is 0.114. The van der Waals surface area contributed by atoms with Crippen LogP contribution in [0.15, 0.2) is 34.2 Å². The van der Waals surface area contributed by atoms with Crippen molar-refractivity contribution in [1.82, 2.24) is 15.5 Å². The lowest BCUT2D eigenvalue weighted by molar-refractivity contribution is 0.102. The molecule has 2 heterocycles. The Kier molecular flexibility index (Phi) is 5.05. The molecule has 7 heteroatoms. The first-order valence-electron chi connectivity index (χ1n) is 9.15. The van der Waals surface area contributed by atoms with Gasteiger partial charge >= 0.3 is 0 Å². The van der Waals surface area contributed by atoms with Crippen LogP contribution in [0.25, 0.3) is 11.5 Å². The number of hydrogen-bond donors (Lipinski definition) is 2. The van der Waals surface area contributed by atoms with Crippen LogP contribution in [0.5, 0.6) is 0 Å². The highest BCUT2D eigenvalue weighted by Crippen LogP contribution is 2.33. The van der Waals surface area contributed by atoms with Gasteiger partial charge in [-0.1, -0.05) is 11.2 Å². The number of carbonyl (C=O) groups excluding carboxylic acids is 1. The van der Waals surface area contributed by atoms with E-state index in [1.165, 1.54) is 28.9 Å². The first kappa shape index (κ1) is 17.9. The molecular formula is C20H22N4O2S. The lowest BCUT2D eigenvalue weighted by Gasteiger charge is -2.06. The Balaban J connectivity index is 1.51. The van der Waals surface area contributed by atoms with Crippen LogP contribution in [0.4, 0.5) is 5.00 Å². The zero-order valence-electron chi connectivity index (χ0n) is 15.4. The predicted molar refractivity (Wildman–Crippen MR) is 106 cm³/mol. The summed E-state index contributed by atoms with van der Waals surface area (Å²) in [6.45, 7) is 2.06. The van der Waals surface area contributed by atoms with Crippen LogP contribution in [0.2, 0.25) is 0 Å². The number of anilines is 1. The zero-order valence-corrected chi connectivity index (χ0v) is 16.2. The number of hydrogen-bond acceptors (Lipinski definition) is 6. The van der Waals surface area contributed by atoms with E-state index >= 15 is 0 Å². The van der Waals surface area contributed by atoms with Crippen LogP contribution in [0.1, 0.15) is 40.7 Å². The molecule has 2 N–H and O–H groups in total. The van der Waals surface area contributed by atoms with E-state index in [0.29, 0.717) is 23.7 Å². The van der Waals surface area contributed by atoms with Gasteiger partial charge in [0, 0.05) is 18.0 Å². The Labute approximate surface area is 162 Å². The quantitative estimate of drug-likeness (QED) is 0.680. The van der Waals surface area contributed by atoms with E-state index in [9.17, 15) is 4.79 Å². The number of amides is 1. The van der Waals surface area contributed by atoms with Crippen molar-refractivity contribution in [3.63, 3.8) is 0 Å². The van der Waals surface area contributed by atoms with Crippen LogP contribution in [-0.2, 0) is 19.3 Å². The van der Waals surface area contributed by atoms with Crippen molar-refractivity contribution in [2.24, 2.45) is 0 Å². The topological polar surface area (TPSA) is 80.0 Å². The third-order valence-electron chi connectivity index (χ3n) is 4.93. The van der Waals surface area contributed by atoms with Crippen molar-refractivity contribution in [3.05, 3.63) is 52.2 Å². The van der Waals surface area contributed by atoms with Gasteiger partial charge in [-0.05, 0) is 67.9 Å². The number of likely N-dealkylation sites (N-methyl/N-ethyl adjacent to an activating group) is 1. The van der Waals surface area contributed by atoms with Gasteiger partial charge < -0.3 is 15.2 Å². The van der Waals surface area contributed by atoms with E-state index < -0.39 is 0 Å². The fraction of sp³-hybridized carbons (Fsp3) is 0.350. The number of thiophene rings is 1. The summed E-state index contributed by atoms with van der Waals surface area (Å²) in [5.74, 6) is 0.963. The number of rotatable bonds is 6. The van der Waals surface area contributed by atoms with Crippen molar-refractivity contribution in [1.29, 1.82) is 0 Å². The lowest BCUT2D eigenvalue weighted by Crippen LogP contribution is -2.24. The van der Waals surface area contributed by atoms with Crippen LogP contribution in [0, 0.1) is 0 Å². The molecule has 1 aliphatic carbocycles. The van der Waals surface area contributed by atoms with Gasteiger partial charge in [-0.2, -0.15) is 4.98 Å². The maximum absolute atomic E-state index is 12.7. The third kappa shape index (κ3) is 3.79. The predicted octanol–water partition coefficient (Wildman–Crippen LogP) is 3.69. The van der Waals surface area contributed by atoms with E-state index in [1.807, 2.05) is 30.6 Å². The molecule has 0 aliphatic heterocycles. The second kappa shape index (κ2) is 7.62. The minimum atomic E-state index is -0.114. The lowest BCUT2D eigenvalue weighted by atomic mass is 10.1. The average Bonchev–Trinajstić information content (AvgIpc) is 3.41. The fourth-order valence-electron chi connectivity index (χ4n) is 3.29. The average molecular weight is 382 g/mol. The Morgan fingerprint density at radius 2 is 2.15 bits per heavy atom. The van der Waals surface area contributed by atoms with Crippen molar-refractivity contribution in [2.45, 2.75) is 38.6 Å². The smallest absolute Gasteiger partial charge is 0.260 e. The molecule has 0 bridgehead atoms. The van der Waals surface area contributed by atoms with E-state index in [2.05, 4.69) is 33.8 Å². The maximum atomic E-state index is 12.7. The van der Waals surface area contributed by atoms with Crippen LogP contribution < -0.4 is 10.6 Å². The molecule has 6 nitrogen and oxygen atoms in total. The zero-order chi connectivity index (χ0) is 18.8. The molecule has 0 fully saturated rings. The molecule has 27 heavy (non-hydrogen) atoms. The molecule has 2 aromatic heterocycles. The van der Waals surface area contributed by atoms with Crippen molar-refractivity contribution in [3.8, 4) is 11.5 Å². The number of nitrogens with zero attached hydrogens (tertiary/aromatic N) is 2. The SMILES string of the molecule is CNC(C)Cc1noc(-c2ccsc2NC(=O)c2ccc3c(c2)CCC3)n1. The number of fused-ring (bicyclic) bond motifs is 1. The molecule has 1 amide bonds. The van der Waals surface area contributed by atoms with E-state index in [4.69, 9.17) is 4.52 Å². The molecule has 0 radical (unpaired) electrons. The molecule has 1 unspecified atom stereocenters. The fourth-order valence-corrected chi connectivity index (χ4v) is 4.06. The normalized spacial score (nSPS) is 14.1. The third-order valence-corrected chi connectivity index (χ3v) is 5.76. The van der Waals surface area contributed by atoms with Crippen LogP contribution in [0.3, 0.4) is 0 Å². The highest BCUT2D eigenvalue weighted by molar-refractivity contribution is 7.15. The summed E-state index contributed by atoms with van der Waals surface area (Å²) in [7, 11) is 1.90. The van der Waals surface area contributed by atoms with Crippen LogP contribution in [-0.4, -0.2) is 29.1 Å². The van der Waals surface area contributed by atoms with Gasteiger partial charge in [0.1, 0.15) is 5.00 Å². The molecule has 0 saturated carbocycles. The molecule has 0 spiro atoms. The van der Waals surface area contributed by atoms with Gasteiger partial charge in [-0.15, -0.1) is 11.3 Å². The number of nitrogens with one attached hydrogen (secondary N) is 2. The van der Waals surface area contributed by atoms with Crippen LogP contribution >= 0.6 is 11.3 Å². The van der Waals surface area contributed by atoms with E-state index in [0.717, 1.165) is 23.4 Å². The number of carbonyl (C=O) groups is 1. The van der Waals surface area contributed by atoms with Gasteiger partial charge in [0.2, 0.25) is 0 Å². The minimum Gasteiger partial charge on any atom is -0.334 e. The van der Waals surface area contributed by atoms with Gasteiger partial charge in [0.25, 0.3) is 11.8 Å². The Bertz CT molecular complexity index is 963. The van der Waals surface area contributed by atoms with E-state index in [1.54, 1.807) is 0 Å².